The average Bonchev–Trinajstić information content (AvgIpc) is 2.70. The van der Waals surface area contributed by atoms with E-state index in [2.05, 4.69) is 20.6 Å². The molecule has 0 radical (unpaired) electrons. The minimum absolute atomic E-state index is 0.233. The number of aryl methyl sites for hydroxylation is 1. The molecule has 0 spiro atoms. The molecule has 2 N–H and O–H groups in total. The molecule has 164 valence electrons. The highest BCUT2D eigenvalue weighted by Crippen LogP contribution is 2.35. The van der Waals surface area contributed by atoms with E-state index in [1.165, 1.54) is 0 Å². The van der Waals surface area contributed by atoms with Gasteiger partial charge < -0.3 is 15.2 Å². The van der Waals surface area contributed by atoms with Crippen LogP contribution in [0.1, 0.15) is 19.4 Å². The van der Waals surface area contributed by atoms with Gasteiger partial charge in [-0.2, -0.15) is 4.98 Å². The van der Waals surface area contributed by atoms with Crippen molar-refractivity contribution in [1.82, 2.24) is 9.97 Å². The molecule has 9 heteroatoms. The number of para-hydroxylation sites is 1. The average molecular weight is 459 g/mol. The molecule has 1 heterocycles. The SMILES string of the molecule is Cc1cnc(Nc2ccc(P(C)(C)=O)cc2)nc1Nc1ccccc1S(=O)(=O)C(C)C. The van der Waals surface area contributed by atoms with Gasteiger partial charge in [0.25, 0.3) is 0 Å². The van der Waals surface area contributed by atoms with Gasteiger partial charge in [0, 0.05) is 22.8 Å². The van der Waals surface area contributed by atoms with Crippen LogP contribution in [0.4, 0.5) is 23.1 Å². The van der Waals surface area contributed by atoms with Crippen molar-refractivity contribution < 1.29 is 13.0 Å². The quantitative estimate of drug-likeness (QED) is 0.495. The fourth-order valence-corrected chi connectivity index (χ4v) is 4.93. The van der Waals surface area contributed by atoms with Crippen LogP contribution in [0.15, 0.2) is 59.6 Å². The van der Waals surface area contributed by atoms with Crippen LogP contribution in [-0.2, 0) is 14.4 Å². The number of hydrogen-bond donors (Lipinski definition) is 2. The normalized spacial score (nSPS) is 12.1. The number of nitrogens with zero attached hydrogens (tertiary/aromatic N) is 2. The minimum Gasteiger partial charge on any atom is -0.339 e. The Morgan fingerprint density at radius 2 is 1.61 bits per heavy atom. The third-order valence-electron chi connectivity index (χ3n) is 4.78. The number of sulfone groups is 1. The van der Waals surface area contributed by atoms with Crippen molar-refractivity contribution in [3.63, 3.8) is 0 Å². The van der Waals surface area contributed by atoms with Gasteiger partial charge in [0.2, 0.25) is 5.95 Å². The van der Waals surface area contributed by atoms with Crippen LogP contribution < -0.4 is 15.9 Å². The molecule has 0 unspecified atom stereocenters. The van der Waals surface area contributed by atoms with Crippen molar-refractivity contribution in [2.24, 2.45) is 0 Å². The maximum Gasteiger partial charge on any atom is 0.229 e. The molecule has 1 aromatic heterocycles. The Morgan fingerprint density at radius 1 is 0.968 bits per heavy atom. The summed E-state index contributed by atoms with van der Waals surface area (Å²) in [5.41, 5.74) is 2.00. The maximum absolute atomic E-state index is 12.7. The van der Waals surface area contributed by atoms with E-state index >= 15 is 0 Å². The molecular formula is C22H27N4O3PS. The summed E-state index contributed by atoms with van der Waals surface area (Å²) in [7, 11) is -5.78. The number of hydrogen-bond acceptors (Lipinski definition) is 7. The largest absolute Gasteiger partial charge is 0.339 e. The summed E-state index contributed by atoms with van der Waals surface area (Å²) in [5, 5.41) is 6.54. The molecule has 0 atom stereocenters. The Hall–Kier alpha value is -2.70. The van der Waals surface area contributed by atoms with E-state index in [0.717, 1.165) is 16.6 Å². The Labute approximate surface area is 183 Å². The van der Waals surface area contributed by atoms with Gasteiger partial charge in [0.05, 0.1) is 15.8 Å². The van der Waals surface area contributed by atoms with Crippen molar-refractivity contribution in [3.8, 4) is 0 Å². The van der Waals surface area contributed by atoms with Crippen molar-refractivity contribution in [2.75, 3.05) is 24.0 Å². The summed E-state index contributed by atoms with van der Waals surface area (Å²) in [6, 6.07) is 14.1. The fraction of sp³-hybridized carbons (Fsp3) is 0.273. The molecule has 7 nitrogen and oxygen atoms in total. The highest BCUT2D eigenvalue weighted by molar-refractivity contribution is 7.92. The van der Waals surface area contributed by atoms with Crippen molar-refractivity contribution in [3.05, 3.63) is 60.3 Å². The van der Waals surface area contributed by atoms with Crippen LogP contribution >= 0.6 is 7.14 Å². The maximum atomic E-state index is 12.7. The van der Waals surface area contributed by atoms with Gasteiger partial charge in [-0.15, -0.1) is 0 Å². The minimum atomic E-state index is -3.46. The molecule has 3 rings (SSSR count). The molecular weight excluding hydrogens is 431 g/mol. The Balaban J connectivity index is 1.89. The van der Waals surface area contributed by atoms with Crippen molar-refractivity contribution in [1.29, 1.82) is 0 Å². The Morgan fingerprint density at radius 3 is 2.23 bits per heavy atom. The predicted molar refractivity (Wildman–Crippen MR) is 128 cm³/mol. The molecule has 0 aliphatic heterocycles. The monoisotopic (exact) mass is 458 g/mol. The number of aromatic nitrogens is 2. The van der Waals surface area contributed by atoms with Gasteiger partial charge >= 0.3 is 0 Å². The summed E-state index contributed by atoms with van der Waals surface area (Å²) in [5.74, 6) is 0.869. The number of nitrogens with one attached hydrogen (secondary N) is 2. The van der Waals surface area contributed by atoms with Gasteiger partial charge in [-0.3, -0.25) is 0 Å². The third kappa shape index (κ3) is 5.32. The first-order valence-corrected chi connectivity index (χ1v) is 14.0. The second kappa shape index (κ2) is 8.81. The van der Waals surface area contributed by atoms with E-state index in [1.807, 2.05) is 31.2 Å². The van der Waals surface area contributed by atoms with Crippen LogP contribution in [0.3, 0.4) is 0 Å². The Bertz CT molecular complexity index is 1240. The van der Waals surface area contributed by atoms with E-state index in [4.69, 9.17) is 0 Å². The van der Waals surface area contributed by atoms with Gasteiger partial charge in [0.1, 0.15) is 13.0 Å². The summed E-state index contributed by atoms with van der Waals surface area (Å²) in [4.78, 5) is 9.06. The van der Waals surface area contributed by atoms with Crippen molar-refractivity contribution >= 4 is 45.4 Å². The summed E-state index contributed by atoms with van der Waals surface area (Å²) >= 11 is 0. The highest BCUT2D eigenvalue weighted by atomic mass is 32.2. The number of rotatable bonds is 7. The zero-order valence-electron chi connectivity index (χ0n) is 18.2. The summed E-state index contributed by atoms with van der Waals surface area (Å²) in [6.07, 6.45) is 1.66. The molecule has 0 aliphatic rings. The molecule has 0 amide bonds. The van der Waals surface area contributed by atoms with Crippen molar-refractivity contribution in [2.45, 2.75) is 30.9 Å². The molecule has 2 aromatic carbocycles. The molecule has 0 aliphatic carbocycles. The van der Waals surface area contributed by atoms with E-state index in [0.29, 0.717) is 17.5 Å². The first-order chi connectivity index (χ1) is 14.5. The van der Waals surface area contributed by atoms with E-state index in [1.54, 1.807) is 57.6 Å². The third-order valence-corrected chi connectivity index (χ3v) is 8.54. The number of benzene rings is 2. The van der Waals surface area contributed by atoms with Crippen LogP contribution in [0.2, 0.25) is 0 Å². The van der Waals surface area contributed by atoms with Gasteiger partial charge in [-0.05, 0) is 70.5 Å². The zero-order valence-corrected chi connectivity index (χ0v) is 20.0. The van der Waals surface area contributed by atoms with E-state index in [9.17, 15) is 13.0 Å². The predicted octanol–water partition coefficient (Wildman–Crippen LogP) is 4.70. The van der Waals surface area contributed by atoms with Gasteiger partial charge in [-0.25, -0.2) is 13.4 Å². The first-order valence-electron chi connectivity index (χ1n) is 9.84. The topological polar surface area (TPSA) is 101 Å². The lowest BCUT2D eigenvalue weighted by Crippen LogP contribution is -2.16. The standard InChI is InChI=1S/C22H27N4O3PS/c1-15(2)31(28,29)20-9-7-6-8-19(20)25-21-16(3)14-23-22(26-21)24-17-10-12-18(13-11-17)30(4,5)27/h6-15H,1-5H3,(H2,23,24,25,26). The lowest BCUT2D eigenvalue weighted by atomic mass is 10.3. The van der Waals surface area contributed by atoms with E-state index < -0.39 is 22.2 Å². The first kappa shape index (κ1) is 23.0. The van der Waals surface area contributed by atoms with Gasteiger partial charge in [0.15, 0.2) is 9.84 Å². The smallest absolute Gasteiger partial charge is 0.229 e. The molecule has 0 fully saturated rings. The molecule has 31 heavy (non-hydrogen) atoms. The Kier molecular flexibility index (Phi) is 6.53. The van der Waals surface area contributed by atoms with Crippen LogP contribution in [0.25, 0.3) is 0 Å². The molecule has 3 aromatic rings. The second-order valence-electron chi connectivity index (χ2n) is 7.96. The molecule has 0 saturated carbocycles. The molecule has 0 bridgehead atoms. The summed E-state index contributed by atoms with van der Waals surface area (Å²) in [6.45, 7) is 8.62. The molecule has 0 saturated heterocycles. The van der Waals surface area contributed by atoms with Crippen LogP contribution in [0.5, 0.6) is 0 Å². The van der Waals surface area contributed by atoms with Crippen LogP contribution in [-0.4, -0.2) is 37.0 Å². The zero-order chi connectivity index (χ0) is 22.8. The second-order valence-corrected chi connectivity index (χ2v) is 13.7. The summed E-state index contributed by atoms with van der Waals surface area (Å²) < 4.78 is 37.6. The highest BCUT2D eigenvalue weighted by Gasteiger charge is 2.23. The number of anilines is 4. The van der Waals surface area contributed by atoms with Crippen LogP contribution in [0, 0.1) is 6.92 Å². The van der Waals surface area contributed by atoms with Gasteiger partial charge in [-0.1, -0.05) is 12.1 Å². The lowest BCUT2D eigenvalue weighted by Gasteiger charge is -2.16. The lowest BCUT2D eigenvalue weighted by molar-refractivity contribution is 0.587. The fourth-order valence-electron chi connectivity index (χ4n) is 2.86. The van der Waals surface area contributed by atoms with E-state index in [-0.39, 0.29) is 4.90 Å².